The number of carbonyl (C=O) groups is 2. The maximum Gasteiger partial charge on any atom is 0.255 e. The molecule has 0 bridgehead atoms. The van der Waals surface area contributed by atoms with E-state index in [2.05, 4.69) is 15.6 Å². The molecule has 1 heterocycles. The number of ether oxygens (including phenoxy) is 1. The lowest BCUT2D eigenvalue weighted by molar-refractivity contribution is -0.113. The average Bonchev–Trinajstić information content (AvgIpc) is 2.74. The number of nitrogens with one attached hydrogen (secondary N) is 2. The van der Waals surface area contributed by atoms with Crippen molar-refractivity contribution in [1.29, 1.82) is 0 Å². The van der Waals surface area contributed by atoms with Crippen molar-refractivity contribution in [1.82, 2.24) is 4.98 Å². The van der Waals surface area contributed by atoms with Crippen LogP contribution >= 0.6 is 23.4 Å². The van der Waals surface area contributed by atoms with Gasteiger partial charge in [0, 0.05) is 22.3 Å². The minimum absolute atomic E-state index is 0.183. The fraction of sp³-hybridized carbons (Fsp3) is 0.0952. The van der Waals surface area contributed by atoms with Crippen molar-refractivity contribution in [3.8, 4) is 5.75 Å². The summed E-state index contributed by atoms with van der Waals surface area (Å²) in [4.78, 5) is 29.4. The highest BCUT2D eigenvalue weighted by Crippen LogP contribution is 2.22. The van der Waals surface area contributed by atoms with Gasteiger partial charge in [0.1, 0.15) is 11.6 Å². The first kappa shape index (κ1) is 20.7. The van der Waals surface area contributed by atoms with E-state index >= 15 is 0 Å². The summed E-state index contributed by atoms with van der Waals surface area (Å²) in [6, 6.07) is 17.5. The van der Waals surface area contributed by atoms with Gasteiger partial charge in [0.15, 0.2) is 0 Å². The topological polar surface area (TPSA) is 80.3 Å². The SMILES string of the molecule is COc1ccc(C(=O)Nc2cccc(SCC(=O)Nc3ccc(Cl)cn3)c2)cc1. The van der Waals surface area contributed by atoms with E-state index in [-0.39, 0.29) is 17.6 Å². The van der Waals surface area contributed by atoms with Crippen molar-refractivity contribution in [2.45, 2.75) is 4.90 Å². The Morgan fingerprint density at radius 2 is 1.86 bits per heavy atom. The van der Waals surface area contributed by atoms with Crippen molar-refractivity contribution >= 4 is 46.7 Å². The zero-order valence-corrected chi connectivity index (χ0v) is 17.1. The molecule has 0 spiro atoms. The van der Waals surface area contributed by atoms with E-state index in [1.165, 1.54) is 18.0 Å². The van der Waals surface area contributed by atoms with Crippen molar-refractivity contribution in [3.05, 3.63) is 77.4 Å². The molecule has 0 atom stereocenters. The third-order valence-electron chi connectivity index (χ3n) is 3.81. The Morgan fingerprint density at radius 3 is 2.55 bits per heavy atom. The number of thioether (sulfide) groups is 1. The van der Waals surface area contributed by atoms with E-state index in [1.54, 1.807) is 49.6 Å². The normalized spacial score (nSPS) is 10.3. The number of carbonyl (C=O) groups excluding carboxylic acids is 2. The van der Waals surface area contributed by atoms with Crippen LogP contribution in [0, 0.1) is 0 Å². The molecule has 6 nitrogen and oxygen atoms in total. The van der Waals surface area contributed by atoms with E-state index in [4.69, 9.17) is 16.3 Å². The number of pyridine rings is 1. The third kappa shape index (κ3) is 6.23. The predicted molar refractivity (Wildman–Crippen MR) is 116 cm³/mol. The molecule has 2 N–H and O–H groups in total. The summed E-state index contributed by atoms with van der Waals surface area (Å²) in [7, 11) is 1.57. The van der Waals surface area contributed by atoms with Crippen LogP contribution in [0.4, 0.5) is 11.5 Å². The van der Waals surface area contributed by atoms with Crippen LogP contribution in [0.3, 0.4) is 0 Å². The highest BCUT2D eigenvalue weighted by molar-refractivity contribution is 8.00. The highest BCUT2D eigenvalue weighted by atomic mass is 35.5. The maximum atomic E-state index is 12.4. The first-order valence-electron chi connectivity index (χ1n) is 8.63. The van der Waals surface area contributed by atoms with E-state index < -0.39 is 0 Å². The number of amides is 2. The Hall–Kier alpha value is -3.03. The lowest BCUT2D eigenvalue weighted by Gasteiger charge is -2.08. The van der Waals surface area contributed by atoms with Gasteiger partial charge in [-0.15, -0.1) is 11.8 Å². The Balaban J connectivity index is 1.55. The largest absolute Gasteiger partial charge is 0.497 e. The van der Waals surface area contributed by atoms with Crippen molar-refractivity contribution in [2.75, 3.05) is 23.5 Å². The molecule has 0 aliphatic carbocycles. The zero-order chi connectivity index (χ0) is 20.6. The summed E-state index contributed by atoms with van der Waals surface area (Å²) in [6.07, 6.45) is 1.47. The second-order valence-electron chi connectivity index (χ2n) is 5.91. The average molecular weight is 428 g/mol. The molecule has 148 valence electrons. The summed E-state index contributed by atoms with van der Waals surface area (Å²) >= 11 is 7.14. The second kappa shape index (κ2) is 9.95. The van der Waals surface area contributed by atoms with Gasteiger partial charge in [0.05, 0.1) is 17.9 Å². The molecule has 0 fully saturated rings. The Kier molecular flexibility index (Phi) is 7.10. The number of anilines is 2. The third-order valence-corrected chi connectivity index (χ3v) is 5.03. The van der Waals surface area contributed by atoms with Crippen LogP contribution in [0.15, 0.2) is 71.8 Å². The summed E-state index contributed by atoms with van der Waals surface area (Å²) in [5.74, 6) is 0.937. The molecule has 8 heteroatoms. The molecular formula is C21H18ClN3O3S. The fourth-order valence-electron chi connectivity index (χ4n) is 2.39. The molecule has 0 aliphatic rings. The molecule has 29 heavy (non-hydrogen) atoms. The molecular weight excluding hydrogens is 410 g/mol. The molecule has 0 saturated heterocycles. The van der Waals surface area contributed by atoms with Crippen LogP contribution in [-0.2, 0) is 4.79 Å². The van der Waals surface area contributed by atoms with E-state index in [0.29, 0.717) is 27.8 Å². The lowest BCUT2D eigenvalue weighted by atomic mass is 10.2. The number of hydrogen-bond acceptors (Lipinski definition) is 5. The monoisotopic (exact) mass is 427 g/mol. The molecule has 2 aromatic carbocycles. The quantitative estimate of drug-likeness (QED) is 0.533. The van der Waals surface area contributed by atoms with E-state index in [0.717, 1.165) is 4.90 Å². The van der Waals surface area contributed by atoms with Gasteiger partial charge in [-0.2, -0.15) is 0 Å². The van der Waals surface area contributed by atoms with Crippen molar-refractivity contribution in [2.24, 2.45) is 0 Å². The Bertz CT molecular complexity index is 995. The Morgan fingerprint density at radius 1 is 1.07 bits per heavy atom. The van der Waals surface area contributed by atoms with Gasteiger partial charge in [-0.1, -0.05) is 17.7 Å². The summed E-state index contributed by atoms with van der Waals surface area (Å²) in [5, 5.41) is 6.07. The van der Waals surface area contributed by atoms with Crippen LogP contribution in [0.2, 0.25) is 5.02 Å². The molecule has 1 aromatic heterocycles. The summed E-state index contributed by atoms with van der Waals surface area (Å²) < 4.78 is 5.09. The van der Waals surface area contributed by atoms with Crippen LogP contribution < -0.4 is 15.4 Å². The second-order valence-corrected chi connectivity index (χ2v) is 7.39. The van der Waals surface area contributed by atoms with Gasteiger partial charge >= 0.3 is 0 Å². The molecule has 0 radical (unpaired) electrons. The van der Waals surface area contributed by atoms with Crippen molar-refractivity contribution in [3.63, 3.8) is 0 Å². The van der Waals surface area contributed by atoms with Gasteiger partial charge in [0.2, 0.25) is 5.91 Å². The van der Waals surface area contributed by atoms with Gasteiger partial charge in [-0.3, -0.25) is 9.59 Å². The van der Waals surface area contributed by atoms with Gasteiger partial charge in [0.25, 0.3) is 5.91 Å². The first-order chi connectivity index (χ1) is 14.0. The van der Waals surface area contributed by atoms with Gasteiger partial charge in [-0.05, 0) is 54.6 Å². The Labute approximate surface area is 177 Å². The van der Waals surface area contributed by atoms with E-state index in [9.17, 15) is 9.59 Å². The van der Waals surface area contributed by atoms with Gasteiger partial charge < -0.3 is 15.4 Å². The maximum absolute atomic E-state index is 12.4. The minimum Gasteiger partial charge on any atom is -0.497 e. The highest BCUT2D eigenvalue weighted by Gasteiger charge is 2.08. The fourth-order valence-corrected chi connectivity index (χ4v) is 3.25. The number of nitrogens with zero attached hydrogens (tertiary/aromatic N) is 1. The van der Waals surface area contributed by atoms with Gasteiger partial charge in [-0.25, -0.2) is 4.98 Å². The first-order valence-corrected chi connectivity index (χ1v) is 9.99. The molecule has 3 rings (SSSR count). The van der Waals surface area contributed by atoms with Crippen molar-refractivity contribution < 1.29 is 14.3 Å². The van der Waals surface area contributed by atoms with Crippen LogP contribution in [-0.4, -0.2) is 29.7 Å². The number of rotatable bonds is 7. The number of aromatic nitrogens is 1. The number of methoxy groups -OCH3 is 1. The lowest BCUT2D eigenvalue weighted by Crippen LogP contribution is -2.15. The summed E-state index contributed by atoms with van der Waals surface area (Å²) in [5.41, 5.74) is 1.18. The standard InChI is InChI=1S/C21H18ClN3O3S/c1-28-17-8-5-14(6-9-17)21(27)24-16-3-2-4-18(11-16)29-13-20(26)25-19-10-7-15(22)12-23-19/h2-12H,13H2,1H3,(H,24,27)(H,23,25,26). The van der Waals surface area contributed by atoms with Crippen LogP contribution in [0.1, 0.15) is 10.4 Å². The number of benzene rings is 2. The van der Waals surface area contributed by atoms with Crippen LogP contribution in [0.5, 0.6) is 5.75 Å². The predicted octanol–water partition coefficient (Wildman–Crippen LogP) is 4.73. The number of halogens is 1. The molecule has 0 unspecified atom stereocenters. The molecule has 2 amide bonds. The van der Waals surface area contributed by atoms with Crippen LogP contribution in [0.25, 0.3) is 0 Å². The zero-order valence-electron chi connectivity index (χ0n) is 15.5. The molecule has 0 saturated carbocycles. The minimum atomic E-state index is -0.221. The molecule has 3 aromatic rings. The van der Waals surface area contributed by atoms with E-state index in [1.807, 2.05) is 18.2 Å². The molecule has 0 aliphatic heterocycles. The summed E-state index contributed by atoms with van der Waals surface area (Å²) in [6.45, 7) is 0. The number of hydrogen-bond donors (Lipinski definition) is 2. The smallest absolute Gasteiger partial charge is 0.255 e.